The van der Waals surface area contributed by atoms with Crippen LogP contribution in [0.25, 0.3) is 17.4 Å². The van der Waals surface area contributed by atoms with Crippen LogP contribution in [0.3, 0.4) is 0 Å². The van der Waals surface area contributed by atoms with Crippen LogP contribution in [-0.2, 0) is 9.59 Å². The minimum atomic E-state index is -1.08. The zero-order valence-corrected chi connectivity index (χ0v) is 17.2. The van der Waals surface area contributed by atoms with Crippen LogP contribution in [0.15, 0.2) is 45.7 Å². The molecule has 1 aromatic heterocycles. The Morgan fingerprint density at radius 3 is 2.71 bits per heavy atom. The van der Waals surface area contributed by atoms with E-state index in [1.807, 2.05) is 6.26 Å². The highest BCUT2D eigenvalue weighted by atomic mass is 32.2. The number of amides is 1. The first-order valence-electron chi connectivity index (χ1n) is 8.25. The van der Waals surface area contributed by atoms with Crippen molar-refractivity contribution in [3.05, 3.63) is 52.9 Å². The molecule has 9 heteroatoms. The van der Waals surface area contributed by atoms with Crippen molar-refractivity contribution in [3.8, 4) is 11.3 Å². The SMILES string of the molecule is CSCCC(C(=O)O)N1C(=O)/C(=C/c2ccc(-c3ccc(F)cc3)o2)SC1=S. The largest absolute Gasteiger partial charge is 0.480 e. The second kappa shape index (κ2) is 8.93. The predicted octanol–water partition coefficient (Wildman–Crippen LogP) is 4.49. The maximum absolute atomic E-state index is 13.1. The van der Waals surface area contributed by atoms with Crippen molar-refractivity contribution >= 4 is 58.0 Å². The summed E-state index contributed by atoms with van der Waals surface area (Å²) in [7, 11) is 0. The molecule has 5 nitrogen and oxygen atoms in total. The Bertz CT molecular complexity index is 939. The van der Waals surface area contributed by atoms with E-state index in [1.54, 1.807) is 30.3 Å². The van der Waals surface area contributed by atoms with Crippen LogP contribution < -0.4 is 0 Å². The zero-order valence-electron chi connectivity index (χ0n) is 14.8. The van der Waals surface area contributed by atoms with E-state index in [9.17, 15) is 19.1 Å². The van der Waals surface area contributed by atoms with E-state index in [1.165, 1.54) is 23.9 Å². The summed E-state index contributed by atoms with van der Waals surface area (Å²) in [4.78, 5) is 25.8. The number of furan rings is 1. The van der Waals surface area contributed by atoms with Gasteiger partial charge in [0.05, 0.1) is 4.91 Å². The van der Waals surface area contributed by atoms with Crippen LogP contribution in [-0.4, -0.2) is 44.3 Å². The molecule has 3 rings (SSSR count). The molecular weight excluding hydrogens is 421 g/mol. The summed E-state index contributed by atoms with van der Waals surface area (Å²) in [5.41, 5.74) is 0.705. The lowest BCUT2D eigenvalue weighted by molar-refractivity contribution is -0.145. The molecule has 1 aliphatic heterocycles. The standard InChI is InChI=1S/C19H16FNO4S3/c1-27-9-8-14(18(23)24)21-17(22)16(28-19(21)26)10-13-6-7-15(25-13)11-2-4-12(20)5-3-11/h2-7,10,14H,8-9H2,1H3,(H,23,24)/b16-10-. The Hall–Kier alpha value is -2.10. The number of carboxylic acid groups (broad SMARTS) is 1. The average Bonchev–Trinajstić information content (AvgIpc) is 3.22. The first-order valence-corrected chi connectivity index (χ1v) is 10.9. The van der Waals surface area contributed by atoms with Gasteiger partial charge in [-0.3, -0.25) is 9.69 Å². The smallest absolute Gasteiger partial charge is 0.326 e. The molecule has 2 heterocycles. The van der Waals surface area contributed by atoms with Gasteiger partial charge in [-0.05, 0) is 54.8 Å². The number of hydrogen-bond acceptors (Lipinski definition) is 6. The lowest BCUT2D eigenvalue weighted by atomic mass is 10.2. The second-order valence-electron chi connectivity index (χ2n) is 5.90. The number of carbonyl (C=O) groups excluding carboxylic acids is 1. The summed E-state index contributed by atoms with van der Waals surface area (Å²) < 4.78 is 19.0. The number of hydrogen-bond donors (Lipinski definition) is 1. The van der Waals surface area contributed by atoms with E-state index in [-0.39, 0.29) is 10.1 Å². The summed E-state index contributed by atoms with van der Waals surface area (Å²) >= 11 is 7.80. The highest BCUT2D eigenvalue weighted by Crippen LogP contribution is 2.35. The zero-order chi connectivity index (χ0) is 20.3. The molecule has 1 saturated heterocycles. The quantitative estimate of drug-likeness (QED) is 0.505. The third-order valence-electron chi connectivity index (χ3n) is 4.04. The first kappa shape index (κ1) is 20.6. The molecule has 0 saturated carbocycles. The Balaban J connectivity index is 1.82. The average molecular weight is 438 g/mol. The molecule has 28 heavy (non-hydrogen) atoms. The summed E-state index contributed by atoms with van der Waals surface area (Å²) in [6.07, 6.45) is 3.73. The highest BCUT2D eigenvalue weighted by molar-refractivity contribution is 8.26. The van der Waals surface area contributed by atoms with E-state index in [0.29, 0.717) is 34.2 Å². The molecule has 0 aliphatic carbocycles. The number of carbonyl (C=O) groups is 2. The Labute approximate surface area is 175 Å². The minimum Gasteiger partial charge on any atom is -0.480 e. The fourth-order valence-electron chi connectivity index (χ4n) is 2.67. The van der Waals surface area contributed by atoms with Gasteiger partial charge in [-0.2, -0.15) is 11.8 Å². The van der Waals surface area contributed by atoms with Crippen molar-refractivity contribution in [2.45, 2.75) is 12.5 Å². The second-order valence-corrected chi connectivity index (χ2v) is 8.56. The van der Waals surface area contributed by atoms with Gasteiger partial charge >= 0.3 is 5.97 Å². The highest BCUT2D eigenvalue weighted by Gasteiger charge is 2.40. The number of thiocarbonyl (C=S) groups is 1. The molecular formula is C19H16FNO4S3. The van der Waals surface area contributed by atoms with Gasteiger partial charge in [0.25, 0.3) is 5.91 Å². The van der Waals surface area contributed by atoms with E-state index < -0.39 is 17.9 Å². The number of thioether (sulfide) groups is 2. The van der Waals surface area contributed by atoms with Crippen molar-refractivity contribution in [3.63, 3.8) is 0 Å². The molecule has 1 fully saturated rings. The molecule has 2 aromatic rings. The van der Waals surface area contributed by atoms with Gasteiger partial charge in [0, 0.05) is 11.6 Å². The fraction of sp³-hybridized carbons (Fsp3) is 0.211. The third kappa shape index (κ3) is 4.48. The van der Waals surface area contributed by atoms with E-state index in [0.717, 1.165) is 16.7 Å². The molecule has 1 aliphatic rings. The molecule has 1 atom stereocenters. The minimum absolute atomic E-state index is 0.218. The van der Waals surface area contributed by atoms with Gasteiger partial charge in [0.2, 0.25) is 0 Å². The van der Waals surface area contributed by atoms with Crippen molar-refractivity contribution in [2.24, 2.45) is 0 Å². The number of rotatable bonds is 7. The summed E-state index contributed by atoms with van der Waals surface area (Å²) in [6.45, 7) is 0. The molecule has 0 spiro atoms. The topological polar surface area (TPSA) is 70.8 Å². The van der Waals surface area contributed by atoms with Crippen LogP contribution >= 0.6 is 35.7 Å². The van der Waals surface area contributed by atoms with Crippen molar-refractivity contribution in [2.75, 3.05) is 12.0 Å². The molecule has 1 N–H and O–H groups in total. The van der Waals surface area contributed by atoms with Gasteiger partial charge in [0.15, 0.2) is 0 Å². The van der Waals surface area contributed by atoms with E-state index in [4.69, 9.17) is 16.6 Å². The number of benzene rings is 1. The lowest BCUT2D eigenvalue weighted by Gasteiger charge is -2.22. The number of halogens is 1. The maximum atomic E-state index is 13.1. The van der Waals surface area contributed by atoms with Gasteiger partial charge in [0.1, 0.15) is 27.7 Å². The van der Waals surface area contributed by atoms with Crippen LogP contribution in [0, 0.1) is 5.82 Å². The van der Waals surface area contributed by atoms with Crippen LogP contribution in [0.4, 0.5) is 4.39 Å². The Morgan fingerprint density at radius 1 is 1.36 bits per heavy atom. The van der Waals surface area contributed by atoms with E-state index in [2.05, 4.69) is 0 Å². The van der Waals surface area contributed by atoms with Gasteiger partial charge < -0.3 is 9.52 Å². The molecule has 1 unspecified atom stereocenters. The number of carboxylic acids is 1. The Morgan fingerprint density at radius 2 is 2.07 bits per heavy atom. The predicted molar refractivity (Wildman–Crippen MR) is 114 cm³/mol. The summed E-state index contributed by atoms with van der Waals surface area (Å²) in [5.74, 6) is -0.298. The molecule has 0 radical (unpaired) electrons. The lowest BCUT2D eigenvalue weighted by Crippen LogP contribution is -2.44. The molecule has 0 bridgehead atoms. The first-order chi connectivity index (χ1) is 13.4. The molecule has 146 valence electrons. The number of aliphatic carboxylic acids is 1. The van der Waals surface area contributed by atoms with Gasteiger partial charge in [-0.1, -0.05) is 24.0 Å². The van der Waals surface area contributed by atoms with Crippen LogP contribution in [0.1, 0.15) is 12.2 Å². The molecule has 1 amide bonds. The number of nitrogens with zero attached hydrogens (tertiary/aromatic N) is 1. The van der Waals surface area contributed by atoms with Gasteiger partial charge in [-0.25, -0.2) is 9.18 Å². The fourth-order valence-corrected chi connectivity index (χ4v) is 4.47. The Kier molecular flexibility index (Phi) is 6.58. The summed E-state index contributed by atoms with van der Waals surface area (Å²) in [6, 6.07) is 8.29. The molecule has 1 aromatic carbocycles. The maximum Gasteiger partial charge on any atom is 0.326 e. The van der Waals surface area contributed by atoms with Crippen LogP contribution in [0.2, 0.25) is 0 Å². The third-order valence-corrected chi connectivity index (χ3v) is 6.02. The van der Waals surface area contributed by atoms with Gasteiger partial charge in [-0.15, -0.1) is 0 Å². The van der Waals surface area contributed by atoms with Crippen molar-refractivity contribution < 1.29 is 23.5 Å². The van der Waals surface area contributed by atoms with Crippen molar-refractivity contribution in [1.29, 1.82) is 0 Å². The summed E-state index contributed by atoms with van der Waals surface area (Å²) in [5, 5.41) is 9.48. The monoisotopic (exact) mass is 437 g/mol. The normalized spacial score (nSPS) is 16.8. The van der Waals surface area contributed by atoms with Crippen molar-refractivity contribution in [1.82, 2.24) is 4.90 Å². The van der Waals surface area contributed by atoms with E-state index >= 15 is 0 Å². The van der Waals surface area contributed by atoms with Crippen LogP contribution in [0.5, 0.6) is 0 Å².